The molecule has 11 heteroatoms. The molecular formula is C32H34F2N2O7. The van der Waals surface area contributed by atoms with E-state index in [1.807, 2.05) is 0 Å². The van der Waals surface area contributed by atoms with Gasteiger partial charge in [0.25, 0.3) is 5.91 Å². The zero-order valence-electron chi connectivity index (χ0n) is 25.0. The van der Waals surface area contributed by atoms with Gasteiger partial charge >= 0.3 is 11.9 Å². The number of allylic oxidation sites excluding steroid dienone is 1. The van der Waals surface area contributed by atoms with Crippen molar-refractivity contribution in [2.75, 3.05) is 13.9 Å². The summed E-state index contributed by atoms with van der Waals surface area (Å²) < 4.78 is 50.4. The van der Waals surface area contributed by atoms with Crippen molar-refractivity contribution in [3.8, 4) is 11.5 Å². The van der Waals surface area contributed by atoms with Crippen LogP contribution in [0.25, 0.3) is 5.57 Å². The first-order valence-corrected chi connectivity index (χ1v) is 13.4. The lowest BCUT2D eigenvalue weighted by molar-refractivity contribution is -0.154. The molecule has 0 spiro atoms. The monoisotopic (exact) mass is 596 g/mol. The Labute approximate surface area is 248 Å². The molecule has 0 fully saturated rings. The lowest BCUT2D eigenvalue weighted by Crippen LogP contribution is -2.40. The van der Waals surface area contributed by atoms with Gasteiger partial charge in [-0.25, -0.2) is 18.6 Å². The third kappa shape index (κ3) is 8.15. The summed E-state index contributed by atoms with van der Waals surface area (Å²) in [5.41, 5.74) is 1.64. The van der Waals surface area contributed by atoms with Crippen molar-refractivity contribution in [3.05, 3.63) is 94.0 Å². The maximum Gasteiger partial charge on any atom is 0.333 e. The molecule has 1 atom stereocenters. The lowest BCUT2D eigenvalue weighted by atomic mass is 9.95. The van der Waals surface area contributed by atoms with Gasteiger partial charge in [-0.3, -0.25) is 9.59 Å². The molecule has 0 radical (unpaired) electrons. The van der Waals surface area contributed by atoms with Crippen LogP contribution in [0.1, 0.15) is 60.4 Å². The van der Waals surface area contributed by atoms with Crippen molar-refractivity contribution in [3.63, 3.8) is 0 Å². The van der Waals surface area contributed by atoms with Crippen molar-refractivity contribution in [2.45, 2.75) is 47.6 Å². The van der Waals surface area contributed by atoms with Crippen molar-refractivity contribution < 1.29 is 42.1 Å². The number of aromatic nitrogens is 1. The fourth-order valence-corrected chi connectivity index (χ4v) is 3.89. The predicted molar refractivity (Wildman–Crippen MR) is 154 cm³/mol. The number of rotatable bonds is 11. The van der Waals surface area contributed by atoms with E-state index in [9.17, 15) is 23.2 Å². The second-order valence-electron chi connectivity index (χ2n) is 10.0. The zero-order valence-corrected chi connectivity index (χ0v) is 25.0. The van der Waals surface area contributed by atoms with E-state index < -0.39 is 42.3 Å². The number of methoxy groups -OCH3 is 1. The van der Waals surface area contributed by atoms with Crippen LogP contribution < -0.4 is 14.8 Å². The maximum atomic E-state index is 14.5. The SMILES string of the molecule is COc1ccnc(C(=O)N[C@@H](C)C(=O)OC(C)=C(c2ccc(C)c(F)c2)c2ccc(C)c(F)c2)c1OCOC(=O)C(C)C. The summed E-state index contributed by atoms with van der Waals surface area (Å²) >= 11 is 0. The summed E-state index contributed by atoms with van der Waals surface area (Å²) in [7, 11) is 1.36. The van der Waals surface area contributed by atoms with Gasteiger partial charge in [0.2, 0.25) is 6.79 Å². The standard InChI is InChI=1S/C32H34F2N2O7/c1-17(2)31(38)42-16-41-29-26(40-7)12-13-35-28(29)30(37)36-20(5)32(39)43-21(6)27(22-10-8-18(3)24(33)14-22)23-11-9-19(4)25(34)15-23/h8-15,17,20H,16H2,1-7H3,(H,36,37)/t20-/m0/s1. The van der Waals surface area contributed by atoms with Crippen LogP contribution in [0.2, 0.25) is 0 Å². The Hall–Kier alpha value is -4.80. The van der Waals surface area contributed by atoms with E-state index >= 15 is 0 Å². The minimum atomic E-state index is -1.19. The Bertz CT molecular complexity index is 1500. The summed E-state index contributed by atoms with van der Waals surface area (Å²) in [4.78, 5) is 42.1. The Balaban J connectivity index is 1.86. The second kappa shape index (κ2) is 14.4. The fourth-order valence-electron chi connectivity index (χ4n) is 3.89. The molecule has 9 nitrogen and oxygen atoms in total. The lowest BCUT2D eigenvalue weighted by Gasteiger charge is -2.18. The van der Waals surface area contributed by atoms with Crippen LogP contribution in [0.4, 0.5) is 8.78 Å². The molecule has 0 bridgehead atoms. The third-order valence-electron chi connectivity index (χ3n) is 6.41. The van der Waals surface area contributed by atoms with E-state index in [-0.39, 0.29) is 28.9 Å². The first-order chi connectivity index (χ1) is 20.3. The number of hydrogen-bond donors (Lipinski definition) is 1. The molecule has 0 aliphatic rings. The summed E-state index contributed by atoms with van der Waals surface area (Å²) in [5.74, 6) is -3.38. The number of pyridine rings is 1. The highest BCUT2D eigenvalue weighted by atomic mass is 19.1. The molecule has 1 heterocycles. The molecule has 0 saturated carbocycles. The molecule has 0 unspecified atom stereocenters. The number of ether oxygens (including phenoxy) is 4. The minimum Gasteiger partial charge on any atom is -0.493 e. The average molecular weight is 597 g/mol. The number of amides is 1. The van der Waals surface area contributed by atoms with Crippen molar-refractivity contribution in [1.29, 1.82) is 0 Å². The third-order valence-corrected chi connectivity index (χ3v) is 6.41. The number of hydrogen-bond acceptors (Lipinski definition) is 8. The highest BCUT2D eigenvalue weighted by Gasteiger charge is 2.25. The first-order valence-electron chi connectivity index (χ1n) is 13.4. The Morgan fingerprint density at radius 1 is 0.907 bits per heavy atom. The highest BCUT2D eigenvalue weighted by Crippen LogP contribution is 2.31. The van der Waals surface area contributed by atoms with Crippen LogP contribution in [0.15, 0.2) is 54.4 Å². The van der Waals surface area contributed by atoms with Gasteiger partial charge in [-0.1, -0.05) is 38.1 Å². The normalized spacial score (nSPS) is 11.4. The summed E-state index contributed by atoms with van der Waals surface area (Å²) in [5, 5.41) is 2.50. The smallest absolute Gasteiger partial charge is 0.333 e. The van der Waals surface area contributed by atoms with E-state index in [0.29, 0.717) is 27.8 Å². The number of esters is 2. The van der Waals surface area contributed by atoms with E-state index in [0.717, 1.165) is 0 Å². The van der Waals surface area contributed by atoms with Gasteiger partial charge in [0.1, 0.15) is 23.4 Å². The van der Waals surface area contributed by atoms with E-state index in [1.165, 1.54) is 45.4 Å². The summed E-state index contributed by atoms with van der Waals surface area (Å²) in [6, 6.07) is 9.23. The van der Waals surface area contributed by atoms with Gasteiger partial charge < -0.3 is 24.3 Å². The van der Waals surface area contributed by atoms with Crippen molar-refractivity contribution in [1.82, 2.24) is 10.3 Å². The zero-order chi connectivity index (χ0) is 31.8. The molecule has 2 aromatic carbocycles. The second-order valence-corrected chi connectivity index (χ2v) is 10.0. The van der Waals surface area contributed by atoms with Gasteiger partial charge in [-0.15, -0.1) is 0 Å². The minimum absolute atomic E-state index is 0.0631. The summed E-state index contributed by atoms with van der Waals surface area (Å²) in [6.07, 6.45) is 1.31. The van der Waals surface area contributed by atoms with Gasteiger partial charge in [-0.05, 0) is 62.1 Å². The molecule has 0 aliphatic heterocycles. The van der Waals surface area contributed by atoms with E-state index in [4.69, 9.17) is 18.9 Å². The Morgan fingerprint density at radius 3 is 2.00 bits per heavy atom. The molecule has 1 amide bonds. The van der Waals surface area contributed by atoms with Crippen LogP contribution in [0.3, 0.4) is 0 Å². The number of halogens is 2. The predicted octanol–water partition coefficient (Wildman–Crippen LogP) is 5.66. The number of carbonyl (C=O) groups excluding carboxylic acids is 3. The number of carbonyl (C=O) groups is 3. The van der Waals surface area contributed by atoms with Crippen LogP contribution in [-0.4, -0.2) is 42.8 Å². The molecule has 1 N–H and O–H groups in total. The van der Waals surface area contributed by atoms with Crippen molar-refractivity contribution >= 4 is 23.4 Å². The van der Waals surface area contributed by atoms with Gasteiger partial charge in [-0.2, -0.15) is 0 Å². The quantitative estimate of drug-likeness (QED) is 0.171. The molecule has 1 aromatic heterocycles. The van der Waals surface area contributed by atoms with Crippen LogP contribution in [-0.2, 0) is 19.1 Å². The molecular weight excluding hydrogens is 562 g/mol. The highest BCUT2D eigenvalue weighted by molar-refractivity contribution is 5.98. The van der Waals surface area contributed by atoms with E-state index in [2.05, 4.69) is 10.3 Å². The van der Waals surface area contributed by atoms with Crippen LogP contribution in [0, 0.1) is 31.4 Å². The number of benzene rings is 2. The first kappa shape index (κ1) is 32.7. The molecule has 228 valence electrons. The number of nitrogens with zero attached hydrogens (tertiary/aromatic N) is 1. The van der Waals surface area contributed by atoms with E-state index in [1.54, 1.807) is 52.0 Å². The molecule has 3 rings (SSSR count). The summed E-state index contributed by atoms with van der Waals surface area (Å²) in [6.45, 7) is 8.92. The van der Waals surface area contributed by atoms with Crippen molar-refractivity contribution in [2.24, 2.45) is 5.92 Å². The number of aryl methyl sites for hydroxylation is 2. The molecule has 0 saturated heterocycles. The molecule has 0 aliphatic carbocycles. The topological polar surface area (TPSA) is 113 Å². The van der Waals surface area contributed by atoms with Gasteiger partial charge in [0.05, 0.1) is 13.0 Å². The average Bonchev–Trinajstić information content (AvgIpc) is 2.96. The molecule has 3 aromatic rings. The Morgan fingerprint density at radius 2 is 1.49 bits per heavy atom. The van der Waals surface area contributed by atoms with Crippen LogP contribution >= 0.6 is 0 Å². The molecule has 43 heavy (non-hydrogen) atoms. The van der Waals surface area contributed by atoms with Gasteiger partial charge in [0.15, 0.2) is 17.2 Å². The van der Waals surface area contributed by atoms with Crippen LogP contribution in [0.5, 0.6) is 11.5 Å². The maximum absolute atomic E-state index is 14.5. The number of nitrogens with one attached hydrogen (secondary N) is 1. The largest absolute Gasteiger partial charge is 0.493 e. The van der Waals surface area contributed by atoms with Gasteiger partial charge in [0, 0.05) is 17.8 Å². The Kier molecular flexibility index (Phi) is 10.9. The fraction of sp³-hybridized carbons (Fsp3) is 0.312.